The van der Waals surface area contributed by atoms with E-state index in [1.165, 1.54) is 5.56 Å². The minimum Gasteiger partial charge on any atom is -0.482 e. The molecule has 0 aliphatic carbocycles. The van der Waals surface area contributed by atoms with E-state index in [0.717, 1.165) is 39.6 Å². The molecule has 1 N–H and O–H groups in total. The largest absolute Gasteiger partial charge is 0.482 e. The maximum Gasteiger partial charge on any atom is 0.251 e. The number of amides is 1. The first kappa shape index (κ1) is 27.5. The van der Waals surface area contributed by atoms with Gasteiger partial charge in [-0.05, 0) is 86.2 Å². The fourth-order valence-corrected chi connectivity index (χ4v) is 4.94. The SMILES string of the molecule is Cc1c(C)n(Cc2ccc(O[C@@H](C)C=O)c(Cl)c2)c2ccc(C(=O)N[C@@H](C)c3cccc(C(C)C)c3)cc12. The van der Waals surface area contributed by atoms with Gasteiger partial charge in [-0.1, -0.05) is 55.8 Å². The molecule has 198 valence electrons. The van der Waals surface area contributed by atoms with Crippen molar-refractivity contribution in [3.63, 3.8) is 0 Å². The molecule has 0 spiro atoms. The van der Waals surface area contributed by atoms with Crippen molar-refractivity contribution in [2.45, 2.75) is 66.2 Å². The van der Waals surface area contributed by atoms with Crippen LogP contribution in [0.4, 0.5) is 0 Å². The number of benzene rings is 3. The number of nitrogens with one attached hydrogen (secondary N) is 1. The molecule has 0 radical (unpaired) electrons. The number of carbonyl (C=O) groups excluding carboxylic acids is 2. The van der Waals surface area contributed by atoms with Crippen molar-refractivity contribution < 1.29 is 14.3 Å². The lowest BCUT2D eigenvalue weighted by Gasteiger charge is -2.16. The Balaban J connectivity index is 1.56. The topological polar surface area (TPSA) is 60.3 Å². The maximum atomic E-state index is 13.2. The molecule has 5 nitrogen and oxygen atoms in total. The predicted molar refractivity (Wildman–Crippen MR) is 155 cm³/mol. The van der Waals surface area contributed by atoms with Gasteiger partial charge in [-0.3, -0.25) is 9.59 Å². The van der Waals surface area contributed by atoms with Gasteiger partial charge in [0, 0.05) is 28.7 Å². The highest BCUT2D eigenvalue weighted by Gasteiger charge is 2.17. The van der Waals surface area contributed by atoms with Crippen LogP contribution in [0.3, 0.4) is 0 Å². The zero-order valence-electron chi connectivity index (χ0n) is 22.8. The summed E-state index contributed by atoms with van der Waals surface area (Å²) in [6, 6.07) is 19.8. The quantitative estimate of drug-likeness (QED) is 0.227. The highest BCUT2D eigenvalue weighted by Crippen LogP contribution is 2.30. The lowest BCUT2D eigenvalue weighted by atomic mass is 9.98. The monoisotopic (exact) mass is 530 g/mol. The third-order valence-corrected chi connectivity index (χ3v) is 7.46. The van der Waals surface area contributed by atoms with Crippen LogP contribution in [0.25, 0.3) is 10.9 Å². The fourth-order valence-electron chi connectivity index (χ4n) is 4.69. The minimum absolute atomic E-state index is 0.0916. The Kier molecular flexibility index (Phi) is 8.27. The third kappa shape index (κ3) is 5.78. The van der Waals surface area contributed by atoms with E-state index >= 15 is 0 Å². The van der Waals surface area contributed by atoms with Gasteiger partial charge in [0.2, 0.25) is 0 Å². The summed E-state index contributed by atoms with van der Waals surface area (Å²) in [7, 11) is 0. The van der Waals surface area contributed by atoms with E-state index in [4.69, 9.17) is 16.3 Å². The molecule has 1 amide bonds. The summed E-state index contributed by atoms with van der Waals surface area (Å²) in [4.78, 5) is 24.1. The average molecular weight is 531 g/mol. The highest BCUT2D eigenvalue weighted by molar-refractivity contribution is 6.32. The molecule has 0 saturated heterocycles. The van der Waals surface area contributed by atoms with E-state index < -0.39 is 6.10 Å². The van der Waals surface area contributed by atoms with E-state index in [1.807, 2.05) is 43.3 Å². The van der Waals surface area contributed by atoms with Crippen molar-refractivity contribution in [3.8, 4) is 5.75 Å². The summed E-state index contributed by atoms with van der Waals surface area (Å²) < 4.78 is 7.79. The van der Waals surface area contributed by atoms with Gasteiger partial charge in [-0.25, -0.2) is 0 Å². The Bertz CT molecular complexity index is 1490. The summed E-state index contributed by atoms with van der Waals surface area (Å²) in [6.45, 7) is 12.8. The smallest absolute Gasteiger partial charge is 0.251 e. The molecular formula is C32H35ClN2O3. The van der Waals surface area contributed by atoms with Crippen LogP contribution in [0.15, 0.2) is 60.7 Å². The van der Waals surface area contributed by atoms with Crippen LogP contribution in [0, 0.1) is 13.8 Å². The third-order valence-electron chi connectivity index (χ3n) is 7.17. The van der Waals surface area contributed by atoms with Crippen LogP contribution < -0.4 is 10.1 Å². The number of ether oxygens (including phenoxy) is 1. The maximum absolute atomic E-state index is 13.2. The summed E-state index contributed by atoms with van der Waals surface area (Å²) in [5, 5.41) is 4.68. The fraction of sp³-hybridized carbons (Fsp3) is 0.312. The summed E-state index contributed by atoms with van der Waals surface area (Å²) in [6.07, 6.45) is 0.179. The van der Waals surface area contributed by atoms with Crippen molar-refractivity contribution in [2.75, 3.05) is 0 Å². The Labute approximate surface area is 229 Å². The van der Waals surface area contributed by atoms with Crippen LogP contribution in [-0.4, -0.2) is 22.9 Å². The van der Waals surface area contributed by atoms with Crippen LogP contribution in [-0.2, 0) is 11.3 Å². The second kappa shape index (κ2) is 11.4. The van der Waals surface area contributed by atoms with Crippen molar-refractivity contribution in [1.82, 2.24) is 9.88 Å². The number of carbonyl (C=O) groups is 2. The number of rotatable bonds is 9. The molecular weight excluding hydrogens is 496 g/mol. The number of aromatic nitrogens is 1. The first-order valence-corrected chi connectivity index (χ1v) is 13.4. The van der Waals surface area contributed by atoms with Gasteiger partial charge in [0.1, 0.15) is 5.75 Å². The second-order valence-corrected chi connectivity index (χ2v) is 10.7. The Morgan fingerprint density at radius 2 is 1.74 bits per heavy atom. The van der Waals surface area contributed by atoms with Gasteiger partial charge >= 0.3 is 0 Å². The van der Waals surface area contributed by atoms with Crippen LogP contribution in [0.5, 0.6) is 5.75 Å². The molecule has 1 aromatic heterocycles. The normalized spacial score (nSPS) is 12.9. The molecule has 0 bridgehead atoms. The van der Waals surface area contributed by atoms with E-state index in [9.17, 15) is 9.59 Å². The average Bonchev–Trinajstić information content (AvgIpc) is 3.14. The molecule has 0 aliphatic heterocycles. The summed E-state index contributed by atoms with van der Waals surface area (Å²) in [5.41, 5.74) is 7.33. The molecule has 4 rings (SSSR count). The Morgan fingerprint density at radius 1 is 1.00 bits per heavy atom. The zero-order valence-corrected chi connectivity index (χ0v) is 23.6. The summed E-state index contributed by atoms with van der Waals surface area (Å²) in [5.74, 6) is 0.830. The van der Waals surface area contributed by atoms with Gasteiger partial charge in [0.25, 0.3) is 5.91 Å². The molecule has 0 unspecified atom stereocenters. The zero-order chi connectivity index (χ0) is 27.6. The van der Waals surface area contributed by atoms with Gasteiger partial charge in [0.05, 0.1) is 11.1 Å². The van der Waals surface area contributed by atoms with Crippen molar-refractivity contribution in [2.24, 2.45) is 0 Å². The molecule has 6 heteroatoms. The second-order valence-electron chi connectivity index (χ2n) is 10.3. The highest BCUT2D eigenvalue weighted by atomic mass is 35.5. The van der Waals surface area contributed by atoms with Crippen molar-refractivity contribution >= 4 is 34.7 Å². The number of nitrogens with zero attached hydrogens (tertiary/aromatic N) is 1. The Morgan fingerprint density at radius 3 is 2.42 bits per heavy atom. The molecule has 4 aromatic rings. The minimum atomic E-state index is -0.559. The standard InChI is InChI=1S/C32H35ClN2O3/c1-19(2)25-8-7-9-26(15-25)22(5)34-32(37)27-11-12-30-28(16-27)21(4)23(6)35(30)17-24-10-13-31(29(33)14-24)38-20(3)18-36/h7-16,18-20,22H,17H2,1-6H3,(H,34,37)/t20-,22-/m0/s1. The van der Waals surface area contributed by atoms with Crippen molar-refractivity contribution in [3.05, 3.63) is 99.2 Å². The van der Waals surface area contributed by atoms with E-state index in [2.05, 4.69) is 55.8 Å². The van der Waals surface area contributed by atoms with E-state index in [0.29, 0.717) is 28.8 Å². The number of hydrogen-bond donors (Lipinski definition) is 1. The molecule has 0 fully saturated rings. The van der Waals surface area contributed by atoms with E-state index in [-0.39, 0.29) is 11.9 Å². The van der Waals surface area contributed by atoms with Gasteiger partial charge < -0.3 is 14.6 Å². The molecule has 0 saturated carbocycles. The van der Waals surface area contributed by atoms with Crippen LogP contribution in [0.2, 0.25) is 5.02 Å². The number of fused-ring (bicyclic) bond motifs is 1. The number of halogens is 1. The van der Waals surface area contributed by atoms with Gasteiger partial charge in [-0.2, -0.15) is 0 Å². The number of hydrogen-bond acceptors (Lipinski definition) is 3. The molecule has 0 aliphatic rings. The molecule has 1 heterocycles. The predicted octanol–water partition coefficient (Wildman–Crippen LogP) is 7.54. The lowest BCUT2D eigenvalue weighted by molar-refractivity contribution is -0.113. The van der Waals surface area contributed by atoms with Crippen LogP contribution >= 0.6 is 11.6 Å². The van der Waals surface area contributed by atoms with Crippen LogP contribution in [0.1, 0.15) is 78.0 Å². The first-order chi connectivity index (χ1) is 18.1. The number of aryl methyl sites for hydroxylation is 1. The summed E-state index contributed by atoms with van der Waals surface area (Å²) >= 11 is 6.43. The molecule has 2 atom stereocenters. The van der Waals surface area contributed by atoms with Gasteiger partial charge in [0.15, 0.2) is 12.4 Å². The Hall–Kier alpha value is -3.57. The molecule has 38 heavy (non-hydrogen) atoms. The number of aldehydes is 1. The lowest BCUT2D eigenvalue weighted by Crippen LogP contribution is -2.26. The van der Waals surface area contributed by atoms with Gasteiger partial charge in [-0.15, -0.1) is 0 Å². The van der Waals surface area contributed by atoms with Crippen molar-refractivity contribution in [1.29, 1.82) is 0 Å². The van der Waals surface area contributed by atoms with E-state index in [1.54, 1.807) is 13.0 Å². The molecule has 3 aromatic carbocycles. The first-order valence-electron chi connectivity index (χ1n) is 13.0.